The highest BCUT2D eigenvalue weighted by atomic mass is 16.9. The van der Waals surface area contributed by atoms with Crippen LogP contribution in [0.3, 0.4) is 0 Å². The lowest BCUT2D eigenvalue weighted by molar-refractivity contribution is 0.305. The van der Waals surface area contributed by atoms with Crippen LogP contribution in [0.4, 0.5) is 5.69 Å². The van der Waals surface area contributed by atoms with Gasteiger partial charge in [0.15, 0.2) is 5.72 Å². The van der Waals surface area contributed by atoms with Crippen LogP contribution in [0.15, 0.2) is 30.3 Å². The summed E-state index contributed by atoms with van der Waals surface area (Å²) in [6.45, 7) is 0. The standard InChI is InChI=1S/C11H13NO/c1-2-6-10(7-3-1)12-11(13-12)8-4-5-9-11/h1-3,6-7H,4-5,8-9H2. The molecule has 1 saturated carbocycles. The lowest BCUT2D eigenvalue weighted by Gasteiger charge is -2.03. The number of para-hydroxylation sites is 1. The third kappa shape index (κ3) is 1.05. The van der Waals surface area contributed by atoms with Crippen LogP contribution >= 0.6 is 0 Å². The molecule has 1 aromatic rings. The van der Waals surface area contributed by atoms with E-state index in [1.54, 1.807) is 0 Å². The van der Waals surface area contributed by atoms with Crippen LogP contribution in [0, 0.1) is 0 Å². The van der Waals surface area contributed by atoms with E-state index >= 15 is 0 Å². The summed E-state index contributed by atoms with van der Waals surface area (Å²) >= 11 is 0. The Morgan fingerprint density at radius 2 is 1.77 bits per heavy atom. The third-order valence-corrected chi connectivity index (χ3v) is 2.97. The Labute approximate surface area is 78.1 Å². The van der Waals surface area contributed by atoms with Crippen molar-refractivity contribution in [1.29, 1.82) is 0 Å². The van der Waals surface area contributed by atoms with Crippen LogP contribution in [0.5, 0.6) is 0 Å². The van der Waals surface area contributed by atoms with Crippen molar-refractivity contribution >= 4 is 5.69 Å². The van der Waals surface area contributed by atoms with E-state index in [2.05, 4.69) is 29.3 Å². The molecule has 0 bridgehead atoms. The van der Waals surface area contributed by atoms with Gasteiger partial charge in [0, 0.05) is 0 Å². The molecule has 3 rings (SSSR count). The molecule has 68 valence electrons. The van der Waals surface area contributed by atoms with Crippen molar-refractivity contribution in [3.8, 4) is 0 Å². The Kier molecular flexibility index (Phi) is 1.41. The van der Waals surface area contributed by atoms with Gasteiger partial charge in [0.1, 0.15) is 0 Å². The summed E-state index contributed by atoms with van der Waals surface area (Å²) in [5.74, 6) is 0. The van der Waals surface area contributed by atoms with Crippen molar-refractivity contribution in [2.75, 3.05) is 5.06 Å². The van der Waals surface area contributed by atoms with E-state index in [9.17, 15) is 0 Å². The molecular weight excluding hydrogens is 162 g/mol. The molecule has 0 N–H and O–H groups in total. The minimum atomic E-state index is 0.0986. The third-order valence-electron chi connectivity index (χ3n) is 2.97. The van der Waals surface area contributed by atoms with Gasteiger partial charge in [-0.1, -0.05) is 18.2 Å². The van der Waals surface area contributed by atoms with Gasteiger partial charge in [-0.05, 0) is 37.8 Å². The molecule has 0 radical (unpaired) electrons. The number of hydrogen-bond donors (Lipinski definition) is 0. The summed E-state index contributed by atoms with van der Waals surface area (Å²) < 4.78 is 0. The van der Waals surface area contributed by atoms with E-state index in [0.717, 1.165) is 0 Å². The lowest BCUT2D eigenvalue weighted by Crippen LogP contribution is -2.12. The van der Waals surface area contributed by atoms with Crippen molar-refractivity contribution in [2.45, 2.75) is 31.4 Å². The second-order valence-electron chi connectivity index (χ2n) is 3.87. The van der Waals surface area contributed by atoms with Crippen LogP contribution in [0.25, 0.3) is 0 Å². The highest BCUT2D eigenvalue weighted by molar-refractivity contribution is 5.49. The quantitative estimate of drug-likeness (QED) is 0.610. The molecule has 1 spiro atoms. The molecule has 2 fully saturated rings. The highest BCUT2D eigenvalue weighted by Crippen LogP contribution is 2.50. The fourth-order valence-corrected chi connectivity index (χ4v) is 2.22. The molecule has 1 aromatic carbocycles. The highest BCUT2D eigenvalue weighted by Gasteiger charge is 2.56. The molecular formula is C11H13NO. The van der Waals surface area contributed by atoms with E-state index in [1.807, 2.05) is 6.07 Å². The molecule has 1 heterocycles. The number of nitrogens with zero attached hydrogens (tertiary/aromatic N) is 1. The molecule has 2 aliphatic rings. The maximum absolute atomic E-state index is 5.68. The Bertz CT molecular complexity index is 303. The first-order valence-corrected chi connectivity index (χ1v) is 4.95. The molecule has 13 heavy (non-hydrogen) atoms. The van der Waals surface area contributed by atoms with Crippen molar-refractivity contribution in [3.05, 3.63) is 30.3 Å². The Hall–Kier alpha value is -1.02. The summed E-state index contributed by atoms with van der Waals surface area (Å²) in [7, 11) is 0. The van der Waals surface area contributed by atoms with Crippen molar-refractivity contribution < 1.29 is 4.84 Å². The molecule has 0 amide bonds. The molecule has 0 atom stereocenters. The summed E-state index contributed by atoms with van der Waals surface area (Å²) in [6.07, 6.45) is 5.01. The maximum atomic E-state index is 5.68. The van der Waals surface area contributed by atoms with Gasteiger partial charge in [0.2, 0.25) is 0 Å². The van der Waals surface area contributed by atoms with Gasteiger partial charge in [0.25, 0.3) is 0 Å². The largest absolute Gasteiger partial charge is 0.240 e. The lowest BCUT2D eigenvalue weighted by atomic mass is 10.2. The topological polar surface area (TPSA) is 15.5 Å². The number of hydrogen-bond acceptors (Lipinski definition) is 2. The zero-order valence-corrected chi connectivity index (χ0v) is 7.57. The molecule has 0 aromatic heterocycles. The van der Waals surface area contributed by atoms with Crippen molar-refractivity contribution in [3.63, 3.8) is 0 Å². The minimum absolute atomic E-state index is 0.0986. The SMILES string of the molecule is c1ccc(N2OC23CCCC3)cc1. The number of benzene rings is 1. The molecule has 1 aliphatic heterocycles. The van der Waals surface area contributed by atoms with Gasteiger partial charge in [0.05, 0.1) is 5.69 Å². The van der Waals surface area contributed by atoms with Crippen LogP contribution in [0.2, 0.25) is 0 Å². The summed E-state index contributed by atoms with van der Waals surface area (Å²) in [4.78, 5) is 5.68. The zero-order chi connectivity index (χ0) is 8.73. The first-order chi connectivity index (χ1) is 6.41. The van der Waals surface area contributed by atoms with Crippen molar-refractivity contribution in [1.82, 2.24) is 0 Å². The van der Waals surface area contributed by atoms with Gasteiger partial charge in [-0.2, -0.15) is 0 Å². The van der Waals surface area contributed by atoms with Crippen LogP contribution in [0.1, 0.15) is 25.7 Å². The summed E-state index contributed by atoms with van der Waals surface area (Å²) in [6, 6.07) is 10.4. The fraction of sp³-hybridized carbons (Fsp3) is 0.455. The van der Waals surface area contributed by atoms with Crippen LogP contribution in [-0.4, -0.2) is 5.72 Å². The number of rotatable bonds is 1. The zero-order valence-electron chi connectivity index (χ0n) is 7.57. The second kappa shape index (κ2) is 2.48. The van der Waals surface area contributed by atoms with E-state index < -0.39 is 0 Å². The minimum Gasteiger partial charge on any atom is -0.240 e. The van der Waals surface area contributed by atoms with E-state index in [4.69, 9.17) is 4.84 Å². The van der Waals surface area contributed by atoms with Crippen LogP contribution < -0.4 is 5.06 Å². The molecule has 2 heteroatoms. The normalized spacial score (nSPS) is 23.8. The first kappa shape index (κ1) is 7.39. The number of hydroxylamine groups is 1. The van der Waals surface area contributed by atoms with E-state index in [1.165, 1.54) is 31.4 Å². The Morgan fingerprint density at radius 1 is 1.08 bits per heavy atom. The average Bonchev–Trinajstić information content (AvgIpc) is 2.66. The molecule has 0 unspecified atom stereocenters. The Morgan fingerprint density at radius 3 is 2.46 bits per heavy atom. The molecule has 2 nitrogen and oxygen atoms in total. The average molecular weight is 175 g/mol. The second-order valence-corrected chi connectivity index (χ2v) is 3.87. The monoisotopic (exact) mass is 175 g/mol. The van der Waals surface area contributed by atoms with Gasteiger partial charge >= 0.3 is 0 Å². The van der Waals surface area contributed by atoms with Crippen LogP contribution in [-0.2, 0) is 4.84 Å². The number of anilines is 1. The van der Waals surface area contributed by atoms with E-state index in [0.29, 0.717) is 0 Å². The smallest absolute Gasteiger partial charge is 0.191 e. The fourth-order valence-electron chi connectivity index (χ4n) is 2.22. The first-order valence-electron chi connectivity index (χ1n) is 4.95. The predicted octanol–water partition coefficient (Wildman–Crippen LogP) is 2.71. The summed E-state index contributed by atoms with van der Waals surface area (Å²) in [5, 5.41) is 2.07. The predicted molar refractivity (Wildman–Crippen MR) is 51.2 cm³/mol. The van der Waals surface area contributed by atoms with Gasteiger partial charge < -0.3 is 0 Å². The summed E-state index contributed by atoms with van der Waals surface area (Å²) in [5.41, 5.74) is 1.30. The molecule has 1 aliphatic carbocycles. The van der Waals surface area contributed by atoms with Gasteiger partial charge in [-0.25, -0.2) is 9.90 Å². The molecule has 1 saturated heterocycles. The van der Waals surface area contributed by atoms with E-state index in [-0.39, 0.29) is 5.72 Å². The Balaban J connectivity index is 1.83. The van der Waals surface area contributed by atoms with Gasteiger partial charge in [-0.15, -0.1) is 0 Å². The van der Waals surface area contributed by atoms with Gasteiger partial charge in [-0.3, -0.25) is 0 Å². The maximum Gasteiger partial charge on any atom is 0.191 e. The van der Waals surface area contributed by atoms with Crippen molar-refractivity contribution in [2.24, 2.45) is 0 Å².